The fraction of sp³-hybridized carbons (Fsp3) is 0.111. The first-order valence-electron chi connectivity index (χ1n) is 4.00. The average molecular weight is 323 g/mol. The summed E-state index contributed by atoms with van der Waals surface area (Å²) in [6.07, 6.45) is 3.44. The van der Waals surface area contributed by atoms with Crippen molar-refractivity contribution in [2.75, 3.05) is 6.26 Å². The fourth-order valence-corrected chi connectivity index (χ4v) is 2.03. The van der Waals surface area contributed by atoms with Crippen molar-refractivity contribution in [1.29, 1.82) is 5.26 Å². The molecule has 7 heteroatoms. The Bertz CT molecular complexity index is 473. The summed E-state index contributed by atoms with van der Waals surface area (Å²) < 4.78 is 14.2. The number of hydrogen-bond donors (Lipinski definition) is 1. The van der Waals surface area contributed by atoms with Crippen molar-refractivity contribution in [2.45, 2.75) is 0 Å². The van der Waals surface area contributed by atoms with Crippen molar-refractivity contribution >= 4 is 50.1 Å². The van der Waals surface area contributed by atoms with E-state index in [0.29, 0.717) is 9.64 Å². The zero-order valence-corrected chi connectivity index (χ0v) is 11.2. The third kappa shape index (κ3) is 3.37. The van der Waals surface area contributed by atoms with Gasteiger partial charge < -0.3 is 0 Å². The molecule has 0 saturated carbocycles. The molecule has 0 aliphatic rings. The van der Waals surface area contributed by atoms with Gasteiger partial charge in [0.05, 0.1) is 5.02 Å². The number of nitrogens with one attached hydrogen (secondary N) is 1. The Labute approximate surface area is 110 Å². The first-order valence-corrected chi connectivity index (χ1v) is 6.40. The quantitative estimate of drug-likeness (QED) is 0.282. The molecule has 0 heterocycles. The van der Waals surface area contributed by atoms with Crippen molar-refractivity contribution in [1.82, 2.24) is 5.32 Å². The lowest BCUT2D eigenvalue weighted by Gasteiger charge is -2.03. The lowest BCUT2D eigenvalue weighted by Crippen LogP contribution is -2.12. The van der Waals surface area contributed by atoms with Crippen LogP contribution in [0.15, 0.2) is 21.6 Å². The van der Waals surface area contributed by atoms with Gasteiger partial charge in [0.15, 0.2) is 17.2 Å². The van der Waals surface area contributed by atoms with Crippen LogP contribution in [0.4, 0.5) is 10.1 Å². The molecule has 1 rings (SSSR count). The third-order valence-electron chi connectivity index (χ3n) is 1.55. The molecule has 0 aliphatic heterocycles. The summed E-state index contributed by atoms with van der Waals surface area (Å²) in [5.41, 5.74) is 0.0754. The maximum Gasteiger partial charge on any atom is 0.183 e. The smallest absolute Gasteiger partial charge is 0.183 e. The maximum atomic E-state index is 13.5. The van der Waals surface area contributed by atoms with Gasteiger partial charge >= 0.3 is 0 Å². The Kier molecular flexibility index (Phi) is 5.06. The molecule has 0 spiro atoms. The Morgan fingerprint density at radius 3 is 2.94 bits per heavy atom. The molecule has 0 radical (unpaired) electrons. The number of amidine groups is 1. The van der Waals surface area contributed by atoms with Crippen LogP contribution in [-0.4, -0.2) is 11.4 Å². The standard InChI is InChI=1S/C9H6BrClFN3S/c1-16-9(14-4-13)15-7-3-5(10)2-6(11)8(7)12/h2-3H,1H3,(H,14,15). The first kappa shape index (κ1) is 13.3. The van der Waals surface area contributed by atoms with Gasteiger partial charge in [-0.15, -0.1) is 0 Å². The largest absolute Gasteiger partial charge is 0.271 e. The number of halogens is 3. The number of nitriles is 1. The van der Waals surface area contributed by atoms with Crippen LogP contribution >= 0.6 is 39.3 Å². The van der Waals surface area contributed by atoms with Crippen LogP contribution in [0.1, 0.15) is 0 Å². The summed E-state index contributed by atoms with van der Waals surface area (Å²) >= 11 is 10.0. The summed E-state index contributed by atoms with van der Waals surface area (Å²) in [5.74, 6) is -0.615. The van der Waals surface area contributed by atoms with E-state index in [2.05, 4.69) is 26.2 Å². The van der Waals surface area contributed by atoms with Crippen molar-refractivity contribution < 1.29 is 4.39 Å². The van der Waals surface area contributed by atoms with E-state index in [0.717, 1.165) is 0 Å². The molecule has 0 aromatic heterocycles. The second-order valence-corrected chi connectivity index (χ2v) is 4.70. The molecular formula is C9H6BrClFN3S. The van der Waals surface area contributed by atoms with Crippen molar-refractivity contribution in [3.63, 3.8) is 0 Å². The summed E-state index contributed by atoms with van der Waals surface area (Å²) in [6, 6.07) is 2.92. The second kappa shape index (κ2) is 6.09. The lowest BCUT2D eigenvalue weighted by molar-refractivity contribution is 0.630. The molecule has 0 aliphatic carbocycles. The molecule has 0 saturated heterocycles. The Morgan fingerprint density at radius 2 is 2.38 bits per heavy atom. The summed E-state index contributed by atoms with van der Waals surface area (Å²) in [4.78, 5) is 3.94. The van der Waals surface area contributed by atoms with Gasteiger partial charge in [-0.3, -0.25) is 5.32 Å². The second-order valence-electron chi connectivity index (χ2n) is 2.58. The van der Waals surface area contributed by atoms with Gasteiger partial charge in [-0.25, -0.2) is 9.38 Å². The normalized spacial score (nSPS) is 11.1. The predicted octanol–water partition coefficient (Wildman–Crippen LogP) is 3.66. The van der Waals surface area contributed by atoms with E-state index >= 15 is 0 Å². The van der Waals surface area contributed by atoms with Gasteiger partial charge in [0.2, 0.25) is 0 Å². The third-order valence-corrected chi connectivity index (χ3v) is 2.86. The number of thioether (sulfide) groups is 1. The van der Waals surface area contributed by atoms with Crippen LogP contribution in [0.25, 0.3) is 0 Å². The van der Waals surface area contributed by atoms with Crippen LogP contribution in [-0.2, 0) is 0 Å². The van der Waals surface area contributed by atoms with E-state index in [1.165, 1.54) is 23.9 Å². The highest BCUT2D eigenvalue weighted by Gasteiger charge is 2.08. The van der Waals surface area contributed by atoms with Crippen LogP contribution in [0.5, 0.6) is 0 Å². The highest BCUT2D eigenvalue weighted by Crippen LogP contribution is 2.30. The van der Waals surface area contributed by atoms with Gasteiger partial charge in [-0.05, 0) is 18.4 Å². The van der Waals surface area contributed by atoms with E-state index in [1.54, 1.807) is 12.4 Å². The van der Waals surface area contributed by atoms with Crippen LogP contribution in [0.3, 0.4) is 0 Å². The zero-order chi connectivity index (χ0) is 12.1. The molecule has 0 amide bonds. The topological polar surface area (TPSA) is 48.2 Å². The van der Waals surface area contributed by atoms with Crippen molar-refractivity contribution in [3.05, 3.63) is 27.4 Å². The zero-order valence-electron chi connectivity index (χ0n) is 8.09. The highest BCUT2D eigenvalue weighted by molar-refractivity contribution is 9.10. The summed E-state index contributed by atoms with van der Waals surface area (Å²) in [5, 5.41) is 11.1. The molecule has 1 aromatic rings. The van der Waals surface area contributed by atoms with Crippen molar-refractivity contribution in [2.24, 2.45) is 4.99 Å². The van der Waals surface area contributed by atoms with Crippen molar-refractivity contribution in [3.8, 4) is 6.19 Å². The minimum Gasteiger partial charge on any atom is -0.271 e. The maximum absolute atomic E-state index is 13.5. The molecule has 0 fully saturated rings. The number of benzene rings is 1. The molecule has 84 valence electrons. The molecule has 1 N–H and O–H groups in total. The number of nitrogens with zero attached hydrogens (tertiary/aromatic N) is 2. The minimum atomic E-state index is -0.615. The Balaban J connectivity index is 3.18. The Morgan fingerprint density at radius 1 is 1.69 bits per heavy atom. The van der Waals surface area contributed by atoms with Gasteiger partial charge in [-0.2, -0.15) is 5.26 Å². The molecular weight excluding hydrogens is 317 g/mol. The van der Waals surface area contributed by atoms with E-state index in [-0.39, 0.29) is 10.7 Å². The molecule has 1 aromatic carbocycles. The molecule has 0 atom stereocenters. The van der Waals surface area contributed by atoms with E-state index in [1.807, 2.05) is 0 Å². The SMILES string of the molecule is CSC(=Nc1cc(Br)cc(Cl)c1F)NC#N. The van der Waals surface area contributed by atoms with Gasteiger partial charge in [0.25, 0.3) is 0 Å². The van der Waals surface area contributed by atoms with E-state index < -0.39 is 5.82 Å². The number of hydrogen-bond acceptors (Lipinski definition) is 3. The van der Waals surface area contributed by atoms with Gasteiger partial charge in [0.1, 0.15) is 5.69 Å². The van der Waals surface area contributed by atoms with Crippen LogP contribution in [0.2, 0.25) is 5.02 Å². The highest BCUT2D eigenvalue weighted by atomic mass is 79.9. The average Bonchev–Trinajstić information content (AvgIpc) is 2.24. The summed E-state index contributed by atoms with van der Waals surface area (Å²) in [7, 11) is 0. The molecule has 16 heavy (non-hydrogen) atoms. The lowest BCUT2D eigenvalue weighted by atomic mass is 10.3. The van der Waals surface area contributed by atoms with Gasteiger partial charge in [-0.1, -0.05) is 39.3 Å². The molecule has 3 nitrogen and oxygen atoms in total. The molecule has 0 bridgehead atoms. The van der Waals surface area contributed by atoms with Crippen LogP contribution < -0.4 is 5.32 Å². The van der Waals surface area contributed by atoms with Gasteiger partial charge in [0, 0.05) is 4.47 Å². The number of aliphatic imine (C=N–C) groups is 1. The Hall–Kier alpha value is -0.770. The van der Waals surface area contributed by atoms with Crippen LogP contribution in [0, 0.1) is 17.3 Å². The fourth-order valence-electron chi connectivity index (χ4n) is 0.906. The molecule has 0 unspecified atom stereocenters. The van der Waals surface area contributed by atoms with E-state index in [4.69, 9.17) is 16.9 Å². The monoisotopic (exact) mass is 321 g/mol. The summed E-state index contributed by atoms with van der Waals surface area (Å²) in [6.45, 7) is 0. The predicted molar refractivity (Wildman–Crippen MR) is 68.5 cm³/mol. The number of rotatable bonds is 1. The van der Waals surface area contributed by atoms with E-state index in [9.17, 15) is 4.39 Å². The minimum absolute atomic E-state index is 0.0227. The first-order chi connectivity index (χ1) is 7.58.